The number of ether oxygens (including phenoxy) is 2. The summed E-state index contributed by atoms with van der Waals surface area (Å²) in [6.07, 6.45) is 0.853. The molecule has 1 aromatic rings. The van der Waals surface area contributed by atoms with Gasteiger partial charge in [0.2, 0.25) is 0 Å². The predicted molar refractivity (Wildman–Crippen MR) is 118 cm³/mol. The highest BCUT2D eigenvalue weighted by molar-refractivity contribution is 14.0. The largest absolute Gasteiger partial charge is 0.497 e. The molecule has 1 N–H and O–H groups in total. The Hall–Kier alpha value is -0.830. The minimum Gasteiger partial charge on any atom is -0.497 e. The highest BCUT2D eigenvalue weighted by Crippen LogP contribution is 2.29. The maximum absolute atomic E-state index is 5.45. The number of thioether (sulfide) groups is 1. The van der Waals surface area contributed by atoms with Gasteiger partial charge >= 0.3 is 0 Å². The van der Waals surface area contributed by atoms with Crippen molar-refractivity contribution in [2.24, 2.45) is 4.99 Å². The molecular weight excluding hydrogens is 449 g/mol. The van der Waals surface area contributed by atoms with Crippen LogP contribution in [0.5, 0.6) is 11.5 Å². The summed E-state index contributed by atoms with van der Waals surface area (Å²) in [6, 6.07) is 5.90. The lowest BCUT2D eigenvalue weighted by atomic mass is 10.1. The van der Waals surface area contributed by atoms with Gasteiger partial charge in [0.15, 0.2) is 5.96 Å². The Morgan fingerprint density at radius 2 is 2.08 bits per heavy atom. The van der Waals surface area contributed by atoms with Crippen molar-refractivity contribution in [2.45, 2.75) is 25.0 Å². The second-order valence-electron chi connectivity index (χ2n) is 6.43. The first-order chi connectivity index (χ1) is 11.5. The van der Waals surface area contributed by atoms with Gasteiger partial charge in [0.25, 0.3) is 0 Å². The number of hydrogen-bond acceptors (Lipinski definition) is 4. The minimum atomic E-state index is 0. The number of methoxy groups -OCH3 is 2. The Morgan fingerprint density at radius 1 is 1.32 bits per heavy atom. The van der Waals surface area contributed by atoms with Crippen molar-refractivity contribution in [3.63, 3.8) is 0 Å². The van der Waals surface area contributed by atoms with Crippen LogP contribution in [-0.4, -0.2) is 62.3 Å². The minimum absolute atomic E-state index is 0. The number of halogens is 1. The first kappa shape index (κ1) is 22.2. The zero-order valence-electron chi connectivity index (χ0n) is 15.8. The van der Waals surface area contributed by atoms with E-state index in [0.717, 1.165) is 54.8 Å². The molecule has 142 valence electrons. The van der Waals surface area contributed by atoms with Crippen LogP contribution in [0.3, 0.4) is 0 Å². The van der Waals surface area contributed by atoms with Gasteiger partial charge in [-0.05, 0) is 44.0 Å². The molecule has 0 saturated carbocycles. The fraction of sp³-hybridized carbons (Fsp3) is 0.611. The summed E-state index contributed by atoms with van der Waals surface area (Å²) in [6.45, 7) is 7.44. The molecule has 5 nitrogen and oxygen atoms in total. The number of nitrogens with one attached hydrogen (secondary N) is 1. The van der Waals surface area contributed by atoms with Crippen LogP contribution in [0.4, 0.5) is 0 Å². The van der Waals surface area contributed by atoms with E-state index in [0.29, 0.717) is 0 Å². The Labute approximate surface area is 173 Å². The highest BCUT2D eigenvalue weighted by atomic mass is 127. The Bertz CT molecular complexity index is 581. The van der Waals surface area contributed by atoms with Gasteiger partial charge in [-0.3, -0.25) is 4.99 Å². The maximum atomic E-state index is 5.45. The zero-order valence-corrected chi connectivity index (χ0v) is 18.9. The third-order valence-corrected chi connectivity index (χ3v) is 5.40. The molecule has 0 bridgehead atoms. The number of guanidine groups is 1. The molecule has 1 heterocycles. The van der Waals surface area contributed by atoms with Crippen molar-refractivity contribution in [3.05, 3.63) is 23.8 Å². The Morgan fingerprint density at radius 3 is 2.68 bits per heavy atom. The smallest absolute Gasteiger partial charge is 0.193 e. The Balaban J connectivity index is 0.00000312. The van der Waals surface area contributed by atoms with E-state index in [1.54, 1.807) is 14.2 Å². The number of nitrogens with zero attached hydrogens (tertiary/aromatic N) is 2. The summed E-state index contributed by atoms with van der Waals surface area (Å²) in [5.74, 6) is 3.86. The summed E-state index contributed by atoms with van der Waals surface area (Å²) in [7, 11) is 5.23. The van der Waals surface area contributed by atoms with E-state index in [4.69, 9.17) is 9.47 Å². The summed E-state index contributed by atoms with van der Waals surface area (Å²) >= 11 is 2.03. The molecule has 0 amide bonds. The van der Waals surface area contributed by atoms with E-state index in [-0.39, 0.29) is 28.7 Å². The molecule has 0 spiro atoms. The second-order valence-corrected chi connectivity index (χ2v) is 8.23. The molecule has 2 rings (SSSR count). The molecule has 0 unspecified atom stereocenters. The molecule has 7 heteroatoms. The van der Waals surface area contributed by atoms with Crippen molar-refractivity contribution < 1.29 is 9.47 Å². The quantitative estimate of drug-likeness (QED) is 0.399. The molecule has 1 saturated heterocycles. The molecule has 1 aromatic carbocycles. The van der Waals surface area contributed by atoms with Crippen molar-refractivity contribution in [1.29, 1.82) is 0 Å². The molecule has 25 heavy (non-hydrogen) atoms. The summed E-state index contributed by atoms with van der Waals surface area (Å²) in [4.78, 5) is 6.80. The monoisotopic (exact) mass is 479 g/mol. The van der Waals surface area contributed by atoms with Crippen molar-refractivity contribution in [2.75, 3.05) is 46.7 Å². The normalized spacial score (nSPS) is 16.8. The van der Waals surface area contributed by atoms with Gasteiger partial charge in [0.05, 0.1) is 14.2 Å². The van der Waals surface area contributed by atoms with Crippen LogP contribution in [0.1, 0.15) is 19.4 Å². The van der Waals surface area contributed by atoms with Crippen molar-refractivity contribution >= 4 is 41.7 Å². The third kappa shape index (κ3) is 6.44. The highest BCUT2D eigenvalue weighted by Gasteiger charge is 2.28. The van der Waals surface area contributed by atoms with Crippen LogP contribution < -0.4 is 14.8 Å². The van der Waals surface area contributed by atoms with Crippen molar-refractivity contribution in [3.8, 4) is 11.5 Å². The summed E-state index contributed by atoms with van der Waals surface area (Å²) < 4.78 is 11.0. The average Bonchev–Trinajstić information content (AvgIpc) is 2.57. The molecule has 1 fully saturated rings. The standard InChI is InChI=1S/C18H29N3O2S.HI/c1-18(2)13-21(10-11-24-18)17(19-3)20-9-8-14-12-15(22-4)6-7-16(14)23-5;/h6-7,12H,8-11,13H2,1-5H3,(H,19,20);1H. The third-order valence-electron chi connectivity index (χ3n) is 4.10. The second kappa shape index (κ2) is 10.4. The number of benzene rings is 1. The molecule has 0 radical (unpaired) electrons. The topological polar surface area (TPSA) is 46.1 Å². The van der Waals surface area contributed by atoms with E-state index in [2.05, 4.69) is 29.1 Å². The first-order valence-corrected chi connectivity index (χ1v) is 9.28. The molecule has 1 aliphatic heterocycles. The van der Waals surface area contributed by atoms with Gasteiger partial charge in [0.1, 0.15) is 11.5 Å². The summed E-state index contributed by atoms with van der Waals surface area (Å²) in [5.41, 5.74) is 1.13. The van der Waals surface area contributed by atoms with Gasteiger partial charge in [0, 0.05) is 37.2 Å². The number of hydrogen-bond donors (Lipinski definition) is 1. The van der Waals surface area contributed by atoms with Crippen LogP contribution in [0.15, 0.2) is 23.2 Å². The van der Waals surface area contributed by atoms with Crippen LogP contribution in [0.2, 0.25) is 0 Å². The predicted octanol–water partition coefficient (Wildman–Crippen LogP) is 3.27. The van der Waals surface area contributed by atoms with Crippen LogP contribution in [0.25, 0.3) is 0 Å². The van der Waals surface area contributed by atoms with Crippen LogP contribution >= 0.6 is 35.7 Å². The molecule has 0 aromatic heterocycles. The molecular formula is C18H30IN3O2S. The van der Waals surface area contributed by atoms with E-state index >= 15 is 0 Å². The van der Waals surface area contributed by atoms with Crippen LogP contribution in [-0.2, 0) is 6.42 Å². The van der Waals surface area contributed by atoms with E-state index in [1.807, 2.05) is 37.0 Å². The van der Waals surface area contributed by atoms with Gasteiger partial charge in [-0.1, -0.05) is 0 Å². The van der Waals surface area contributed by atoms with Crippen LogP contribution in [0, 0.1) is 0 Å². The summed E-state index contributed by atoms with van der Waals surface area (Å²) in [5, 5.41) is 3.48. The first-order valence-electron chi connectivity index (χ1n) is 8.29. The van der Waals surface area contributed by atoms with E-state index in [9.17, 15) is 0 Å². The molecule has 0 aliphatic carbocycles. The molecule has 1 aliphatic rings. The van der Waals surface area contributed by atoms with E-state index in [1.165, 1.54) is 0 Å². The van der Waals surface area contributed by atoms with Crippen molar-refractivity contribution in [1.82, 2.24) is 10.2 Å². The average molecular weight is 479 g/mol. The lowest BCUT2D eigenvalue weighted by Gasteiger charge is -2.39. The van der Waals surface area contributed by atoms with E-state index < -0.39 is 0 Å². The lowest BCUT2D eigenvalue weighted by Crippen LogP contribution is -2.51. The van der Waals surface area contributed by atoms with Gasteiger partial charge in [-0.15, -0.1) is 24.0 Å². The van der Waals surface area contributed by atoms with Gasteiger partial charge in [-0.25, -0.2) is 0 Å². The Kier molecular flexibility index (Phi) is 9.20. The molecule has 0 atom stereocenters. The van der Waals surface area contributed by atoms with Gasteiger partial charge < -0.3 is 19.7 Å². The maximum Gasteiger partial charge on any atom is 0.193 e. The fourth-order valence-corrected chi connectivity index (χ4v) is 4.03. The fourth-order valence-electron chi connectivity index (χ4n) is 2.92. The lowest BCUT2D eigenvalue weighted by molar-refractivity contribution is 0.375. The van der Waals surface area contributed by atoms with Gasteiger partial charge in [-0.2, -0.15) is 11.8 Å². The zero-order chi connectivity index (χ0) is 17.6. The number of aliphatic imine (C=N–C) groups is 1. The number of rotatable bonds is 5. The SMILES string of the molecule is CN=C(NCCc1cc(OC)ccc1OC)N1CCSC(C)(C)C1.I.